The Kier molecular flexibility index (Phi) is 5.38. The van der Waals surface area contributed by atoms with Gasteiger partial charge in [-0.3, -0.25) is 14.6 Å². The zero-order valence-corrected chi connectivity index (χ0v) is 16.8. The molecule has 0 unspecified atom stereocenters. The zero-order chi connectivity index (χ0) is 23.0. The van der Waals surface area contributed by atoms with E-state index in [1.165, 1.54) is 24.4 Å². The summed E-state index contributed by atoms with van der Waals surface area (Å²) in [6.07, 6.45) is -2.80. The van der Waals surface area contributed by atoms with E-state index in [4.69, 9.17) is 5.26 Å². The molecule has 0 aromatic carbocycles. The van der Waals surface area contributed by atoms with Gasteiger partial charge in [0.05, 0.1) is 34.9 Å². The van der Waals surface area contributed by atoms with Crippen LogP contribution in [-0.2, 0) is 17.4 Å². The Labute approximate surface area is 179 Å². The van der Waals surface area contributed by atoms with Crippen molar-refractivity contribution < 1.29 is 18.0 Å². The molecule has 0 saturated heterocycles. The predicted octanol–water partition coefficient (Wildman–Crippen LogP) is 2.90. The molecule has 1 aliphatic carbocycles. The van der Waals surface area contributed by atoms with Gasteiger partial charge in [-0.25, -0.2) is 0 Å². The van der Waals surface area contributed by atoms with Crippen LogP contribution in [-0.4, -0.2) is 26.1 Å². The maximum absolute atomic E-state index is 14.1. The molecule has 32 heavy (non-hydrogen) atoms. The number of nitrogens with zero attached hydrogens (tertiary/aromatic N) is 4. The molecular weight excluding hydrogens is 425 g/mol. The third-order valence-electron chi connectivity index (χ3n) is 5.26. The van der Waals surface area contributed by atoms with E-state index >= 15 is 0 Å². The summed E-state index contributed by atoms with van der Waals surface area (Å²) in [6.45, 7) is 1.57. The third-order valence-corrected chi connectivity index (χ3v) is 5.26. The van der Waals surface area contributed by atoms with Gasteiger partial charge in [-0.2, -0.15) is 23.5 Å². The van der Waals surface area contributed by atoms with E-state index in [2.05, 4.69) is 25.5 Å². The molecule has 164 valence electrons. The Balaban J connectivity index is 1.70. The lowest BCUT2D eigenvalue weighted by atomic mass is 9.97. The van der Waals surface area contributed by atoms with Crippen LogP contribution >= 0.6 is 0 Å². The van der Waals surface area contributed by atoms with Gasteiger partial charge in [-0.1, -0.05) is 0 Å². The molecule has 1 saturated carbocycles. The van der Waals surface area contributed by atoms with Gasteiger partial charge in [0.2, 0.25) is 5.91 Å². The highest BCUT2D eigenvalue weighted by molar-refractivity contribution is 5.88. The molecule has 1 atom stereocenters. The number of halogens is 3. The number of nitriles is 1. The number of H-pyrrole nitrogens is 1. The van der Waals surface area contributed by atoms with Crippen molar-refractivity contribution in [2.24, 2.45) is 0 Å². The fraction of sp³-hybridized carbons (Fsp3) is 0.333. The van der Waals surface area contributed by atoms with Crippen molar-refractivity contribution in [1.29, 1.82) is 5.26 Å². The van der Waals surface area contributed by atoms with Crippen LogP contribution in [0.5, 0.6) is 0 Å². The van der Waals surface area contributed by atoms with Crippen molar-refractivity contribution in [1.82, 2.24) is 25.5 Å². The summed E-state index contributed by atoms with van der Waals surface area (Å²) in [6, 6.07) is 5.34. The molecule has 0 radical (unpaired) electrons. The lowest BCUT2D eigenvalue weighted by molar-refractivity contribution is -0.137. The van der Waals surface area contributed by atoms with Crippen molar-refractivity contribution in [2.75, 3.05) is 0 Å². The van der Waals surface area contributed by atoms with E-state index in [1.807, 2.05) is 6.07 Å². The highest BCUT2D eigenvalue weighted by Gasteiger charge is 2.40. The maximum Gasteiger partial charge on any atom is 0.417 e. The normalized spacial score (nSPS) is 14.7. The van der Waals surface area contributed by atoms with Gasteiger partial charge in [0.25, 0.3) is 5.56 Å². The zero-order valence-electron chi connectivity index (χ0n) is 16.8. The first-order chi connectivity index (χ1) is 15.2. The third kappa shape index (κ3) is 4.16. The van der Waals surface area contributed by atoms with Crippen LogP contribution in [0.3, 0.4) is 0 Å². The van der Waals surface area contributed by atoms with Crippen LogP contribution in [0.25, 0.3) is 10.9 Å². The van der Waals surface area contributed by atoms with Gasteiger partial charge in [0.15, 0.2) is 5.69 Å². The average molecular weight is 442 g/mol. The lowest BCUT2D eigenvalue weighted by Gasteiger charge is -2.18. The van der Waals surface area contributed by atoms with Gasteiger partial charge >= 0.3 is 6.18 Å². The maximum atomic E-state index is 14.1. The highest BCUT2D eigenvalue weighted by Crippen LogP contribution is 2.45. The van der Waals surface area contributed by atoms with Crippen LogP contribution in [0.4, 0.5) is 13.2 Å². The van der Waals surface area contributed by atoms with Gasteiger partial charge in [0.1, 0.15) is 6.07 Å². The number of alkyl halides is 3. The van der Waals surface area contributed by atoms with Crippen molar-refractivity contribution >= 4 is 16.8 Å². The second-order valence-corrected chi connectivity index (χ2v) is 7.62. The molecule has 0 spiro atoms. The summed E-state index contributed by atoms with van der Waals surface area (Å²) < 4.78 is 42.3. The molecule has 1 fully saturated rings. The van der Waals surface area contributed by atoms with E-state index in [0.717, 1.165) is 12.8 Å². The summed E-state index contributed by atoms with van der Waals surface area (Å²) in [7, 11) is 0. The number of carbonyl (C=O) groups is 1. The second kappa shape index (κ2) is 8.03. The Morgan fingerprint density at radius 3 is 2.66 bits per heavy atom. The van der Waals surface area contributed by atoms with Crippen molar-refractivity contribution in [2.45, 2.75) is 44.3 Å². The molecular formula is C21H17F3N6O2. The first kappa shape index (κ1) is 21.4. The van der Waals surface area contributed by atoms with Crippen LogP contribution in [0, 0.1) is 11.3 Å². The number of nitrogens with one attached hydrogen (secondary N) is 2. The molecule has 3 aromatic heterocycles. The molecule has 1 amide bonds. The standard InChI is InChI=1S/C21H17F3N6O2/c1-10(14-5-4-12(9-25)29-30-14)27-16(31)8-13-18(21(22,23)24)17-15(28-20(13)32)6-7-26-19(17)11-2-3-11/h4-7,10-11H,2-3,8H2,1H3,(H,27,31)(H,28,32)/t10-/m0/s1. The molecule has 2 N–H and O–H groups in total. The summed E-state index contributed by atoms with van der Waals surface area (Å²) in [4.78, 5) is 31.7. The number of hydrogen-bond acceptors (Lipinski definition) is 6. The first-order valence-corrected chi connectivity index (χ1v) is 9.83. The van der Waals surface area contributed by atoms with Crippen molar-refractivity contribution in [3.63, 3.8) is 0 Å². The Morgan fingerprint density at radius 1 is 1.31 bits per heavy atom. The van der Waals surface area contributed by atoms with Gasteiger partial charge in [-0.15, -0.1) is 5.10 Å². The molecule has 8 nitrogen and oxygen atoms in total. The molecule has 1 aliphatic rings. The summed E-state index contributed by atoms with van der Waals surface area (Å²) >= 11 is 0. The minimum absolute atomic E-state index is 0.0459. The molecule has 0 bridgehead atoms. The number of fused-ring (bicyclic) bond motifs is 1. The lowest BCUT2D eigenvalue weighted by Crippen LogP contribution is -2.32. The topological polar surface area (TPSA) is 124 Å². The van der Waals surface area contributed by atoms with E-state index in [-0.39, 0.29) is 28.2 Å². The monoisotopic (exact) mass is 442 g/mol. The van der Waals surface area contributed by atoms with Crippen molar-refractivity contribution in [3.8, 4) is 6.07 Å². The number of aromatic amines is 1. The minimum Gasteiger partial charge on any atom is -0.348 e. The quantitative estimate of drug-likeness (QED) is 0.626. The number of pyridine rings is 2. The Morgan fingerprint density at radius 2 is 2.06 bits per heavy atom. The summed E-state index contributed by atoms with van der Waals surface area (Å²) in [5.41, 5.74) is -2.01. The second-order valence-electron chi connectivity index (χ2n) is 7.62. The van der Waals surface area contributed by atoms with Gasteiger partial charge < -0.3 is 10.3 Å². The Bertz CT molecular complexity index is 1290. The first-order valence-electron chi connectivity index (χ1n) is 9.83. The summed E-state index contributed by atoms with van der Waals surface area (Å²) in [5.74, 6) is -0.877. The van der Waals surface area contributed by atoms with Crippen LogP contribution in [0.2, 0.25) is 0 Å². The number of hydrogen-bond donors (Lipinski definition) is 2. The van der Waals surface area contributed by atoms with E-state index < -0.39 is 41.2 Å². The number of amides is 1. The molecule has 3 aromatic rings. The molecule has 11 heteroatoms. The summed E-state index contributed by atoms with van der Waals surface area (Å²) in [5, 5.41) is 18.6. The van der Waals surface area contributed by atoms with E-state index in [0.29, 0.717) is 5.69 Å². The van der Waals surface area contributed by atoms with E-state index in [1.54, 1.807) is 6.92 Å². The smallest absolute Gasteiger partial charge is 0.348 e. The van der Waals surface area contributed by atoms with Crippen LogP contribution < -0.4 is 10.9 Å². The molecule has 4 rings (SSSR count). The van der Waals surface area contributed by atoms with Crippen LogP contribution in [0.1, 0.15) is 59.9 Å². The van der Waals surface area contributed by atoms with Gasteiger partial charge in [0, 0.05) is 23.1 Å². The fourth-order valence-corrected chi connectivity index (χ4v) is 3.62. The van der Waals surface area contributed by atoms with E-state index in [9.17, 15) is 22.8 Å². The largest absolute Gasteiger partial charge is 0.417 e. The van der Waals surface area contributed by atoms with Crippen LogP contribution in [0.15, 0.2) is 29.2 Å². The number of aromatic nitrogens is 4. The number of carbonyl (C=O) groups excluding carboxylic acids is 1. The van der Waals surface area contributed by atoms with Gasteiger partial charge in [-0.05, 0) is 38.0 Å². The average Bonchev–Trinajstić information content (AvgIpc) is 3.58. The number of rotatable bonds is 5. The van der Waals surface area contributed by atoms with Crippen molar-refractivity contribution in [3.05, 3.63) is 63.0 Å². The highest BCUT2D eigenvalue weighted by atomic mass is 19.4. The minimum atomic E-state index is -4.85. The molecule has 0 aliphatic heterocycles. The SMILES string of the molecule is C[C@H](NC(=O)Cc1c(C(F)(F)F)c2c(C3CC3)nccc2[nH]c1=O)c1ccc(C#N)nn1. The Hall–Kier alpha value is -3.81. The molecule has 3 heterocycles. The predicted molar refractivity (Wildman–Crippen MR) is 106 cm³/mol. The fourth-order valence-electron chi connectivity index (χ4n) is 3.62.